The first-order valence-corrected chi connectivity index (χ1v) is 6.03. The summed E-state index contributed by atoms with van der Waals surface area (Å²) in [5.41, 5.74) is 0.556. The van der Waals surface area contributed by atoms with Crippen LogP contribution in [0.5, 0.6) is 0 Å². The van der Waals surface area contributed by atoms with Crippen molar-refractivity contribution in [3.8, 4) is 12.3 Å². The summed E-state index contributed by atoms with van der Waals surface area (Å²) in [7, 11) is 0. The lowest BCUT2D eigenvalue weighted by Gasteiger charge is -2.07. The molecule has 0 heterocycles. The molecule has 0 spiro atoms. The van der Waals surface area contributed by atoms with Crippen LogP contribution in [0.25, 0.3) is 0 Å². The quantitative estimate of drug-likeness (QED) is 0.369. The zero-order chi connectivity index (χ0) is 14.3. The zero-order valence-electron chi connectivity index (χ0n) is 10.8. The number of nitrogens with zero attached hydrogens (tertiary/aromatic N) is 1. The highest BCUT2D eigenvalue weighted by molar-refractivity contribution is 5.99. The van der Waals surface area contributed by atoms with Crippen LogP contribution >= 0.6 is 0 Å². The highest BCUT2D eigenvalue weighted by Gasteiger charge is 2.21. The number of carbonyl (C=O) groups excluding carboxylic acids is 1. The lowest BCUT2D eigenvalue weighted by molar-refractivity contribution is -0.385. The normalized spacial score (nSPS) is 9.68. The van der Waals surface area contributed by atoms with Gasteiger partial charge in [0.15, 0.2) is 0 Å². The molecule has 0 saturated carbocycles. The number of aryl methyl sites for hydroxylation is 1. The van der Waals surface area contributed by atoms with Gasteiger partial charge in [0.05, 0.1) is 4.92 Å². The lowest BCUT2D eigenvalue weighted by atomic mass is 10.1. The Hall–Kier alpha value is -2.35. The van der Waals surface area contributed by atoms with Crippen molar-refractivity contribution in [1.82, 2.24) is 5.32 Å². The van der Waals surface area contributed by atoms with Crippen molar-refractivity contribution in [2.75, 3.05) is 6.54 Å². The average Bonchev–Trinajstić information content (AvgIpc) is 2.37. The zero-order valence-corrected chi connectivity index (χ0v) is 10.8. The molecule has 5 nitrogen and oxygen atoms in total. The van der Waals surface area contributed by atoms with E-state index in [0.29, 0.717) is 18.5 Å². The second-order valence-corrected chi connectivity index (χ2v) is 4.14. The lowest BCUT2D eigenvalue weighted by Crippen LogP contribution is -2.26. The molecule has 0 aromatic heterocycles. The highest BCUT2D eigenvalue weighted by Crippen LogP contribution is 2.21. The molecule has 1 rings (SSSR count). The van der Waals surface area contributed by atoms with E-state index in [2.05, 4.69) is 11.2 Å². The fraction of sp³-hybridized carbons (Fsp3) is 0.357. The molecule has 1 N–H and O–H groups in total. The van der Waals surface area contributed by atoms with Crippen molar-refractivity contribution in [2.24, 2.45) is 0 Å². The molecule has 5 heteroatoms. The molecular weight excluding hydrogens is 244 g/mol. The maximum absolute atomic E-state index is 12.0. The number of nitrogens with one attached hydrogen (secondary N) is 1. The van der Waals surface area contributed by atoms with Crippen molar-refractivity contribution in [1.29, 1.82) is 0 Å². The molecule has 0 aliphatic rings. The molecule has 0 bridgehead atoms. The third-order valence-electron chi connectivity index (χ3n) is 2.71. The molecule has 0 aliphatic heterocycles. The largest absolute Gasteiger partial charge is 0.352 e. The molecule has 1 aromatic carbocycles. The highest BCUT2D eigenvalue weighted by atomic mass is 16.6. The van der Waals surface area contributed by atoms with Crippen molar-refractivity contribution < 1.29 is 9.72 Å². The third kappa shape index (κ3) is 4.11. The Kier molecular flexibility index (Phi) is 5.55. The Morgan fingerprint density at radius 2 is 2.21 bits per heavy atom. The Morgan fingerprint density at radius 3 is 2.84 bits per heavy atom. The maximum atomic E-state index is 12.0. The van der Waals surface area contributed by atoms with Gasteiger partial charge in [-0.15, -0.1) is 12.3 Å². The summed E-state index contributed by atoms with van der Waals surface area (Å²) < 4.78 is 0. The number of nitro groups is 1. The molecule has 0 atom stereocenters. The number of nitro benzene ring substituents is 1. The molecule has 0 fully saturated rings. The first-order chi connectivity index (χ1) is 9.07. The number of benzene rings is 1. The predicted octanol–water partition coefficient (Wildman–Crippen LogP) is 2.44. The molecule has 0 saturated heterocycles. The van der Waals surface area contributed by atoms with Crippen molar-refractivity contribution in [3.63, 3.8) is 0 Å². The van der Waals surface area contributed by atoms with E-state index in [1.165, 1.54) is 6.07 Å². The van der Waals surface area contributed by atoms with Gasteiger partial charge < -0.3 is 5.32 Å². The maximum Gasteiger partial charge on any atom is 0.282 e. The molecule has 0 radical (unpaired) electrons. The first-order valence-electron chi connectivity index (χ1n) is 6.03. The fourth-order valence-electron chi connectivity index (χ4n) is 1.74. The minimum Gasteiger partial charge on any atom is -0.352 e. The van der Waals surface area contributed by atoms with Crippen LogP contribution in [0.4, 0.5) is 5.69 Å². The molecule has 100 valence electrons. The number of terminal acetylenes is 1. The molecule has 1 amide bonds. The van der Waals surface area contributed by atoms with Crippen LogP contribution in [0.15, 0.2) is 18.2 Å². The van der Waals surface area contributed by atoms with E-state index in [1.54, 1.807) is 19.1 Å². The van der Waals surface area contributed by atoms with Crippen LogP contribution in [0, 0.1) is 29.4 Å². The molecule has 19 heavy (non-hydrogen) atoms. The van der Waals surface area contributed by atoms with Gasteiger partial charge in [-0.3, -0.25) is 14.9 Å². The molecule has 1 aromatic rings. The summed E-state index contributed by atoms with van der Waals surface area (Å²) in [6.07, 6.45) is 7.37. The van der Waals surface area contributed by atoms with Gasteiger partial charge in [-0.05, 0) is 25.3 Å². The number of hydrogen-bond acceptors (Lipinski definition) is 3. The minimum absolute atomic E-state index is 0.129. The van der Waals surface area contributed by atoms with Gasteiger partial charge in [0.1, 0.15) is 5.56 Å². The standard InChI is InChI=1S/C14H16N2O3/c1-3-4-5-6-10-15-14(17)13-11(2)8-7-9-12(13)16(18)19/h1,7-9H,4-6,10H2,2H3,(H,15,17). The van der Waals surface area contributed by atoms with Crippen molar-refractivity contribution in [3.05, 3.63) is 39.4 Å². The van der Waals surface area contributed by atoms with Gasteiger partial charge in [-0.25, -0.2) is 0 Å². The number of unbranched alkanes of at least 4 members (excludes halogenated alkanes) is 2. The Bertz CT molecular complexity index is 518. The first kappa shape index (κ1) is 14.7. The van der Waals surface area contributed by atoms with E-state index in [9.17, 15) is 14.9 Å². The topological polar surface area (TPSA) is 72.2 Å². The van der Waals surface area contributed by atoms with Crippen LogP contribution in [-0.4, -0.2) is 17.4 Å². The summed E-state index contributed by atoms with van der Waals surface area (Å²) in [4.78, 5) is 22.3. The van der Waals surface area contributed by atoms with E-state index in [-0.39, 0.29) is 11.3 Å². The summed E-state index contributed by atoms with van der Waals surface area (Å²) in [6, 6.07) is 4.58. The monoisotopic (exact) mass is 260 g/mol. The number of hydrogen-bond donors (Lipinski definition) is 1. The molecule has 0 aliphatic carbocycles. The molecular formula is C14H16N2O3. The number of rotatable bonds is 6. The SMILES string of the molecule is C#CCCCCNC(=O)c1c(C)cccc1[N+](=O)[O-]. The third-order valence-corrected chi connectivity index (χ3v) is 2.71. The van der Waals surface area contributed by atoms with Gasteiger partial charge in [0.2, 0.25) is 0 Å². The van der Waals surface area contributed by atoms with E-state index in [4.69, 9.17) is 6.42 Å². The van der Waals surface area contributed by atoms with Crippen molar-refractivity contribution in [2.45, 2.75) is 26.2 Å². The Morgan fingerprint density at radius 1 is 1.47 bits per heavy atom. The predicted molar refractivity (Wildman–Crippen MR) is 72.9 cm³/mol. The van der Waals surface area contributed by atoms with Crippen LogP contribution in [0.3, 0.4) is 0 Å². The summed E-state index contributed by atoms with van der Waals surface area (Å²) in [5, 5.41) is 13.6. The van der Waals surface area contributed by atoms with E-state index in [1.807, 2.05) is 0 Å². The van der Waals surface area contributed by atoms with Gasteiger partial charge in [-0.1, -0.05) is 12.1 Å². The van der Waals surface area contributed by atoms with Crippen LogP contribution < -0.4 is 5.32 Å². The van der Waals surface area contributed by atoms with E-state index < -0.39 is 10.8 Å². The van der Waals surface area contributed by atoms with E-state index in [0.717, 1.165) is 12.8 Å². The van der Waals surface area contributed by atoms with E-state index >= 15 is 0 Å². The van der Waals surface area contributed by atoms with Gasteiger partial charge in [0, 0.05) is 19.0 Å². The van der Waals surface area contributed by atoms with Gasteiger partial charge in [-0.2, -0.15) is 0 Å². The summed E-state index contributed by atoms with van der Waals surface area (Å²) >= 11 is 0. The average molecular weight is 260 g/mol. The van der Waals surface area contributed by atoms with Crippen LogP contribution in [0.1, 0.15) is 35.2 Å². The second kappa shape index (κ2) is 7.17. The smallest absolute Gasteiger partial charge is 0.282 e. The number of amides is 1. The fourth-order valence-corrected chi connectivity index (χ4v) is 1.74. The minimum atomic E-state index is -0.541. The Balaban J connectivity index is 2.72. The summed E-state index contributed by atoms with van der Waals surface area (Å²) in [5.74, 6) is 2.11. The second-order valence-electron chi connectivity index (χ2n) is 4.14. The van der Waals surface area contributed by atoms with Crippen LogP contribution in [0.2, 0.25) is 0 Å². The van der Waals surface area contributed by atoms with Gasteiger partial charge in [0.25, 0.3) is 11.6 Å². The summed E-state index contributed by atoms with van der Waals surface area (Å²) in [6.45, 7) is 2.15. The Labute approximate surface area is 112 Å². The van der Waals surface area contributed by atoms with Crippen molar-refractivity contribution >= 4 is 11.6 Å². The van der Waals surface area contributed by atoms with Crippen LogP contribution in [-0.2, 0) is 0 Å². The molecule has 0 unspecified atom stereocenters. The van der Waals surface area contributed by atoms with Gasteiger partial charge >= 0.3 is 0 Å². The number of carbonyl (C=O) groups is 1.